The summed E-state index contributed by atoms with van der Waals surface area (Å²) < 4.78 is 5.31. The van der Waals surface area contributed by atoms with Crippen molar-refractivity contribution in [3.05, 3.63) is 0 Å². The number of nitrogens with two attached hydrogens (primary N) is 2. The van der Waals surface area contributed by atoms with Crippen molar-refractivity contribution in [1.82, 2.24) is 5.32 Å². The first-order valence-corrected chi connectivity index (χ1v) is 5.89. The standard InChI is InChI=1S/C10H23N3O4/c11-2-1-6(14)4-13-7-5-17-8(3-12)10(16)9(7)15/h6-10,13-16H,1-5,11-12H2. The van der Waals surface area contributed by atoms with E-state index in [1.807, 2.05) is 0 Å². The van der Waals surface area contributed by atoms with E-state index in [-0.39, 0.29) is 13.2 Å². The molecule has 102 valence electrons. The van der Waals surface area contributed by atoms with Crippen LogP contribution in [-0.4, -0.2) is 72.0 Å². The molecule has 5 unspecified atom stereocenters. The topological polar surface area (TPSA) is 134 Å². The van der Waals surface area contributed by atoms with Crippen LogP contribution in [0, 0.1) is 0 Å². The van der Waals surface area contributed by atoms with Crippen molar-refractivity contribution in [3.63, 3.8) is 0 Å². The molecule has 7 nitrogen and oxygen atoms in total. The zero-order valence-corrected chi connectivity index (χ0v) is 9.83. The van der Waals surface area contributed by atoms with Crippen LogP contribution in [0.1, 0.15) is 6.42 Å². The molecule has 1 saturated heterocycles. The molecule has 8 N–H and O–H groups in total. The van der Waals surface area contributed by atoms with E-state index in [9.17, 15) is 15.3 Å². The number of hydrogen-bond donors (Lipinski definition) is 6. The third-order valence-corrected chi connectivity index (χ3v) is 2.98. The Labute approximate surface area is 101 Å². The molecule has 17 heavy (non-hydrogen) atoms. The van der Waals surface area contributed by atoms with Gasteiger partial charge in [0.25, 0.3) is 0 Å². The summed E-state index contributed by atoms with van der Waals surface area (Å²) in [5, 5.41) is 32.0. The molecule has 0 bridgehead atoms. The SMILES string of the molecule is NCCC(O)CNC1COC(CN)C(O)C1O. The molecular weight excluding hydrogens is 226 g/mol. The summed E-state index contributed by atoms with van der Waals surface area (Å²) in [6, 6.07) is -0.403. The van der Waals surface area contributed by atoms with Crippen LogP contribution < -0.4 is 16.8 Å². The van der Waals surface area contributed by atoms with Crippen LogP contribution in [0.2, 0.25) is 0 Å². The number of nitrogens with one attached hydrogen (secondary N) is 1. The smallest absolute Gasteiger partial charge is 0.109 e. The van der Waals surface area contributed by atoms with Gasteiger partial charge in [0.1, 0.15) is 6.10 Å². The van der Waals surface area contributed by atoms with Crippen molar-refractivity contribution in [2.75, 3.05) is 26.2 Å². The lowest BCUT2D eigenvalue weighted by molar-refractivity contribution is -0.146. The van der Waals surface area contributed by atoms with Gasteiger partial charge in [-0.05, 0) is 13.0 Å². The fraction of sp³-hybridized carbons (Fsp3) is 1.00. The summed E-state index contributed by atoms with van der Waals surface area (Å²) in [4.78, 5) is 0. The maximum atomic E-state index is 9.83. The third-order valence-electron chi connectivity index (χ3n) is 2.98. The Morgan fingerprint density at radius 2 is 2.00 bits per heavy atom. The molecule has 0 amide bonds. The zero-order valence-electron chi connectivity index (χ0n) is 9.83. The van der Waals surface area contributed by atoms with Gasteiger partial charge in [-0.15, -0.1) is 0 Å². The first-order valence-electron chi connectivity index (χ1n) is 5.89. The minimum absolute atomic E-state index is 0.167. The van der Waals surface area contributed by atoms with Crippen molar-refractivity contribution < 1.29 is 20.1 Å². The lowest BCUT2D eigenvalue weighted by Crippen LogP contribution is -2.60. The highest BCUT2D eigenvalue weighted by atomic mass is 16.5. The Bertz CT molecular complexity index is 220. The van der Waals surface area contributed by atoms with E-state index < -0.39 is 30.5 Å². The number of aliphatic hydroxyl groups is 3. The molecule has 1 rings (SSSR count). The van der Waals surface area contributed by atoms with Gasteiger partial charge < -0.3 is 36.8 Å². The van der Waals surface area contributed by atoms with Gasteiger partial charge in [-0.25, -0.2) is 0 Å². The monoisotopic (exact) mass is 249 g/mol. The quantitative estimate of drug-likeness (QED) is 0.291. The summed E-state index contributed by atoms with van der Waals surface area (Å²) in [5.41, 5.74) is 10.7. The number of ether oxygens (including phenoxy) is 1. The van der Waals surface area contributed by atoms with Crippen LogP contribution in [0.25, 0.3) is 0 Å². The lowest BCUT2D eigenvalue weighted by atomic mass is 9.98. The van der Waals surface area contributed by atoms with Crippen LogP contribution in [0.15, 0.2) is 0 Å². The third kappa shape index (κ3) is 4.14. The van der Waals surface area contributed by atoms with Crippen LogP contribution in [-0.2, 0) is 4.74 Å². The summed E-state index contributed by atoms with van der Waals surface area (Å²) in [5.74, 6) is 0. The highest BCUT2D eigenvalue weighted by Crippen LogP contribution is 2.14. The van der Waals surface area contributed by atoms with Crippen molar-refractivity contribution in [1.29, 1.82) is 0 Å². The van der Waals surface area contributed by atoms with E-state index in [0.717, 1.165) is 0 Å². The summed E-state index contributed by atoms with van der Waals surface area (Å²) in [7, 11) is 0. The zero-order chi connectivity index (χ0) is 12.8. The minimum Gasteiger partial charge on any atom is -0.392 e. The second-order valence-corrected chi connectivity index (χ2v) is 4.33. The molecule has 1 heterocycles. The summed E-state index contributed by atoms with van der Waals surface area (Å²) in [6.45, 7) is 1.14. The van der Waals surface area contributed by atoms with Gasteiger partial charge in [0.05, 0.1) is 31.0 Å². The van der Waals surface area contributed by atoms with E-state index in [1.54, 1.807) is 0 Å². The van der Waals surface area contributed by atoms with Crippen LogP contribution in [0.5, 0.6) is 0 Å². The van der Waals surface area contributed by atoms with Crippen molar-refractivity contribution in [2.45, 2.75) is 36.9 Å². The molecule has 1 aliphatic rings. The fourth-order valence-corrected chi connectivity index (χ4v) is 1.85. The van der Waals surface area contributed by atoms with Gasteiger partial charge in [-0.1, -0.05) is 0 Å². The Hall–Kier alpha value is -0.280. The van der Waals surface area contributed by atoms with Crippen LogP contribution >= 0.6 is 0 Å². The Morgan fingerprint density at radius 3 is 2.59 bits per heavy atom. The average molecular weight is 249 g/mol. The van der Waals surface area contributed by atoms with E-state index >= 15 is 0 Å². The second-order valence-electron chi connectivity index (χ2n) is 4.33. The summed E-state index contributed by atoms with van der Waals surface area (Å²) in [6.07, 6.45) is -2.54. The molecule has 0 saturated carbocycles. The van der Waals surface area contributed by atoms with Gasteiger partial charge >= 0.3 is 0 Å². The largest absolute Gasteiger partial charge is 0.392 e. The lowest BCUT2D eigenvalue weighted by Gasteiger charge is -2.37. The minimum atomic E-state index is -1.00. The van der Waals surface area contributed by atoms with Gasteiger partial charge in [0.2, 0.25) is 0 Å². The Kier molecular flexibility index (Phi) is 6.28. The Morgan fingerprint density at radius 1 is 1.29 bits per heavy atom. The highest BCUT2D eigenvalue weighted by molar-refractivity contribution is 4.91. The van der Waals surface area contributed by atoms with Crippen molar-refractivity contribution in [2.24, 2.45) is 11.5 Å². The van der Waals surface area contributed by atoms with Crippen molar-refractivity contribution in [3.8, 4) is 0 Å². The molecule has 0 aromatic rings. The normalized spacial score (nSPS) is 35.8. The number of aliphatic hydroxyl groups excluding tert-OH is 3. The van der Waals surface area contributed by atoms with E-state index in [1.165, 1.54) is 0 Å². The molecule has 0 aromatic heterocycles. The highest BCUT2D eigenvalue weighted by Gasteiger charge is 2.37. The van der Waals surface area contributed by atoms with E-state index in [2.05, 4.69) is 5.32 Å². The molecular formula is C10H23N3O4. The Balaban J connectivity index is 2.35. The van der Waals surface area contributed by atoms with E-state index in [4.69, 9.17) is 16.2 Å². The van der Waals surface area contributed by atoms with Crippen molar-refractivity contribution >= 4 is 0 Å². The molecule has 5 atom stereocenters. The average Bonchev–Trinajstić information content (AvgIpc) is 2.31. The first-order chi connectivity index (χ1) is 8.10. The van der Waals surface area contributed by atoms with Gasteiger partial charge in [-0.3, -0.25) is 0 Å². The fourth-order valence-electron chi connectivity index (χ4n) is 1.85. The molecule has 0 radical (unpaired) electrons. The molecule has 1 fully saturated rings. The van der Waals surface area contributed by atoms with E-state index in [0.29, 0.717) is 19.5 Å². The first kappa shape index (κ1) is 14.8. The van der Waals surface area contributed by atoms with Crippen LogP contribution in [0.4, 0.5) is 0 Å². The maximum Gasteiger partial charge on any atom is 0.109 e. The molecule has 7 heteroatoms. The molecule has 0 aromatic carbocycles. The number of hydrogen-bond acceptors (Lipinski definition) is 7. The predicted molar refractivity (Wildman–Crippen MR) is 62.3 cm³/mol. The maximum absolute atomic E-state index is 9.83. The predicted octanol–water partition coefficient (Wildman–Crippen LogP) is -3.27. The molecule has 1 aliphatic heterocycles. The second kappa shape index (κ2) is 7.22. The van der Waals surface area contributed by atoms with Gasteiger partial charge in [-0.2, -0.15) is 0 Å². The molecule has 0 aliphatic carbocycles. The summed E-state index contributed by atoms with van der Waals surface area (Å²) >= 11 is 0. The van der Waals surface area contributed by atoms with Gasteiger partial charge in [0, 0.05) is 13.1 Å². The van der Waals surface area contributed by atoms with Gasteiger partial charge in [0.15, 0.2) is 0 Å². The number of rotatable bonds is 6. The van der Waals surface area contributed by atoms with Crippen LogP contribution in [0.3, 0.4) is 0 Å². The molecule has 0 spiro atoms.